The van der Waals surface area contributed by atoms with Gasteiger partial charge >= 0.3 is 0 Å². The summed E-state index contributed by atoms with van der Waals surface area (Å²) in [5, 5.41) is 128. The Morgan fingerprint density at radius 2 is 1.74 bits per heavy atom. The molecule has 1 spiro atoms. The number of aliphatic hydroxyl groups excluding tert-OH is 5. The van der Waals surface area contributed by atoms with Crippen LogP contribution in [0.3, 0.4) is 0 Å². The molecule has 16 nitrogen and oxygen atoms in total. The fourth-order valence-electron chi connectivity index (χ4n) is 24.4. The van der Waals surface area contributed by atoms with E-state index in [0.717, 1.165) is 81.9 Å². The van der Waals surface area contributed by atoms with Gasteiger partial charge in [-0.25, -0.2) is 0 Å². The molecule has 0 amide bonds. The van der Waals surface area contributed by atoms with Crippen molar-refractivity contribution in [3.05, 3.63) is 81.9 Å². The van der Waals surface area contributed by atoms with E-state index in [1.165, 1.54) is 16.7 Å². The standard InChI is InChI=1S/C72H104N4O12/c1-4-7-38-10-15-46-54(18-11-38)88-66-61(46)51(79)9-5-23-72(66,86)67(3,83)57-21-25-71(85)62-63(75-35-37(2)78)64(82)48-31-52(80)53(81)34-68(48)33-41(44-17-19-58(73)76-49(44)8-6-27-77)20-24-69(84,65(62)68)36-70(57,71)43-14-12-39-30-55-59-40(28-42(39)29-43)13-16-47(59)60-45-22-26-74-50(45)32-56(60)87-55/h16-17,19-20,22,24,26,37-39,41-43,45-46,48,50-58,60-61,65-66,74-81,83-86H,4-15,18,21,23,25,27-36,73H2,1-3H3. The van der Waals surface area contributed by atoms with Gasteiger partial charge in [0, 0.05) is 65.8 Å². The number of carbonyl (C=O) groups is 1. The van der Waals surface area contributed by atoms with Gasteiger partial charge < -0.3 is 77.1 Å². The summed E-state index contributed by atoms with van der Waals surface area (Å²) in [5.74, 6) is -2.56. The average Bonchev–Trinajstić information content (AvgIpc) is 1.44. The summed E-state index contributed by atoms with van der Waals surface area (Å²) < 4.78 is 14.6. The SMILES string of the molecule is CCCC1CCC2OC3C(C(O)CCCC3(O)C(C)(O)C3CCC4(O)C5=C(NCC(C)O)C(=O)C6CC(O)C(O)CC67CC(C6=C(CCCO)NC(N)C=C6)C=CC(O)(CC34C3CCC4CC6OC8CC9NC=CC9C8C8=CCC(=C86)CC4C3)C57)C2CC1. The zero-order valence-corrected chi connectivity index (χ0v) is 52.5. The summed E-state index contributed by atoms with van der Waals surface area (Å²) in [5.41, 5.74) is 2.83. The first kappa shape index (κ1) is 61.0. The Morgan fingerprint density at radius 3 is 2.55 bits per heavy atom. The molecule has 14 N–H and O–H groups in total. The maximum Gasteiger partial charge on any atom is 0.182 e. The van der Waals surface area contributed by atoms with Crippen molar-refractivity contribution >= 4 is 5.78 Å². The van der Waals surface area contributed by atoms with E-state index in [4.69, 9.17) is 15.2 Å². The summed E-state index contributed by atoms with van der Waals surface area (Å²) in [7, 11) is 0. The lowest BCUT2D eigenvalue weighted by Gasteiger charge is -2.69. The highest BCUT2D eigenvalue weighted by Crippen LogP contribution is 2.78. The first-order valence-electron chi connectivity index (χ1n) is 35.2. The van der Waals surface area contributed by atoms with Gasteiger partial charge in [0.2, 0.25) is 0 Å². The van der Waals surface area contributed by atoms with Crippen LogP contribution in [0.4, 0.5) is 0 Å². The van der Waals surface area contributed by atoms with E-state index in [-0.39, 0.29) is 106 Å². The average molecular weight is 1220 g/mol. The summed E-state index contributed by atoms with van der Waals surface area (Å²) >= 11 is 0. The minimum absolute atomic E-state index is 0.00183. The summed E-state index contributed by atoms with van der Waals surface area (Å²) in [4.78, 5) is 16.4. The molecular formula is C72H104N4O12. The molecule has 4 heterocycles. The van der Waals surface area contributed by atoms with Crippen LogP contribution < -0.4 is 21.7 Å². The zero-order chi connectivity index (χ0) is 61.2. The number of ketones is 1. The molecule has 15 rings (SSSR count). The number of allylic oxidation sites excluding steroid dienone is 7. The van der Waals surface area contributed by atoms with Gasteiger partial charge in [-0.05, 0) is 224 Å². The largest absolute Gasteiger partial charge is 0.396 e. The molecule has 2 saturated heterocycles. The highest BCUT2D eigenvalue weighted by Gasteiger charge is 2.81. The molecule has 484 valence electrons. The minimum atomic E-state index is -1.99. The monoisotopic (exact) mass is 1220 g/mol. The number of Topliss-reactive ketones (excluding diaryl/α,β-unsaturated/α-hetero) is 1. The van der Waals surface area contributed by atoms with Crippen molar-refractivity contribution in [1.29, 1.82) is 0 Å². The number of dihydropyridines is 1. The lowest BCUT2D eigenvalue weighted by Crippen LogP contribution is -2.75. The third kappa shape index (κ3) is 8.94. The van der Waals surface area contributed by atoms with Crippen LogP contribution in [-0.2, 0) is 14.3 Å². The van der Waals surface area contributed by atoms with Crippen molar-refractivity contribution in [2.24, 2.45) is 87.6 Å². The number of fused-ring (bicyclic) bond motifs is 10. The molecule has 28 atom stereocenters. The number of nitrogens with two attached hydrogens (primary N) is 1. The normalized spacial score (nSPS) is 50.7. The first-order chi connectivity index (χ1) is 42.2. The summed E-state index contributed by atoms with van der Waals surface area (Å²) in [6.45, 7) is 5.59. The van der Waals surface area contributed by atoms with Gasteiger partial charge in [0.05, 0.1) is 77.5 Å². The third-order valence-corrected chi connectivity index (χ3v) is 27.8. The molecule has 0 aromatic rings. The molecule has 16 heteroatoms. The van der Waals surface area contributed by atoms with Gasteiger partial charge in [0.25, 0.3) is 0 Å². The molecule has 0 radical (unpaired) electrons. The lowest BCUT2D eigenvalue weighted by molar-refractivity contribution is -0.277. The Labute approximate surface area is 520 Å². The number of aliphatic hydroxyl groups is 9. The molecule has 0 aromatic carbocycles. The molecule has 7 saturated carbocycles. The predicted octanol–water partition coefficient (Wildman–Crippen LogP) is 6.20. The van der Waals surface area contributed by atoms with Gasteiger partial charge in [-0.3, -0.25) is 4.79 Å². The number of ether oxygens (including phenoxy) is 2. The van der Waals surface area contributed by atoms with Crippen molar-refractivity contribution in [2.45, 2.75) is 258 Å². The van der Waals surface area contributed by atoms with Crippen LogP contribution in [0, 0.1) is 81.8 Å². The van der Waals surface area contributed by atoms with Crippen LogP contribution in [0.5, 0.6) is 0 Å². The van der Waals surface area contributed by atoms with E-state index in [2.05, 4.69) is 47.3 Å². The molecule has 11 aliphatic carbocycles. The smallest absolute Gasteiger partial charge is 0.182 e. The fourth-order valence-corrected chi connectivity index (χ4v) is 24.4. The van der Waals surface area contributed by atoms with Crippen LogP contribution in [0.2, 0.25) is 0 Å². The highest BCUT2D eigenvalue weighted by atomic mass is 16.5. The van der Waals surface area contributed by atoms with E-state index in [9.17, 15) is 35.7 Å². The lowest BCUT2D eigenvalue weighted by atomic mass is 9.37. The second-order valence-corrected chi connectivity index (χ2v) is 32.0. The summed E-state index contributed by atoms with van der Waals surface area (Å²) in [6.07, 6.45) is 23.6. The minimum Gasteiger partial charge on any atom is -0.396 e. The molecule has 0 aromatic heterocycles. The van der Waals surface area contributed by atoms with E-state index >= 15 is 15.0 Å². The Morgan fingerprint density at radius 1 is 0.909 bits per heavy atom. The van der Waals surface area contributed by atoms with Crippen LogP contribution in [0.1, 0.15) is 175 Å². The topological polar surface area (TPSA) is 280 Å². The van der Waals surface area contributed by atoms with Crippen LogP contribution >= 0.6 is 0 Å². The number of hydrogen-bond donors (Lipinski definition) is 13. The second kappa shape index (κ2) is 22.2. The van der Waals surface area contributed by atoms with Crippen LogP contribution in [0.25, 0.3) is 0 Å². The van der Waals surface area contributed by atoms with Crippen molar-refractivity contribution in [3.8, 4) is 0 Å². The van der Waals surface area contributed by atoms with E-state index in [1.807, 2.05) is 18.2 Å². The molecule has 4 aliphatic heterocycles. The first-order valence-corrected chi connectivity index (χ1v) is 35.2. The maximum absolute atomic E-state index is 16.4. The maximum atomic E-state index is 16.4. The number of rotatable bonds is 12. The van der Waals surface area contributed by atoms with Gasteiger partial charge in [0.1, 0.15) is 5.60 Å². The molecule has 88 heavy (non-hydrogen) atoms. The Bertz CT molecular complexity index is 2990. The number of carbonyl (C=O) groups excluding carboxylic acids is 1. The van der Waals surface area contributed by atoms with Gasteiger partial charge in [-0.15, -0.1) is 0 Å². The number of hydrogen-bond acceptors (Lipinski definition) is 16. The van der Waals surface area contributed by atoms with Gasteiger partial charge in [0.15, 0.2) is 5.78 Å². The molecule has 0 bridgehead atoms. The van der Waals surface area contributed by atoms with Crippen molar-refractivity contribution < 1.29 is 60.2 Å². The quantitative estimate of drug-likeness (QED) is 0.0970. The van der Waals surface area contributed by atoms with Crippen molar-refractivity contribution in [3.63, 3.8) is 0 Å². The third-order valence-electron chi connectivity index (χ3n) is 27.8. The molecular weight excluding hydrogens is 1110 g/mol. The van der Waals surface area contributed by atoms with Gasteiger partial charge in [-0.2, -0.15) is 0 Å². The highest BCUT2D eigenvalue weighted by molar-refractivity contribution is 6.00. The second-order valence-electron chi connectivity index (χ2n) is 32.0. The van der Waals surface area contributed by atoms with Crippen LogP contribution in [-0.4, -0.2) is 148 Å². The van der Waals surface area contributed by atoms with Gasteiger partial charge in [-0.1, -0.05) is 62.1 Å². The molecule has 28 unspecified atom stereocenters. The Balaban J connectivity index is 0.906. The van der Waals surface area contributed by atoms with E-state index in [1.54, 1.807) is 13.8 Å². The Hall–Kier alpha value is -3.23. The summed E-state index contributed by atoms with van der Waals surface area (Å²) in [6, 6.07) is 0.387. The molecule has 9 fully saturated rings. The fraction of sp³-hybridized carbons (Fsp3) is 0.792. The zero-order valence-electron chi connectivity index (χ0n) is 52.5. The van der Waals surface area contributed by atoms with Crippen LogP contribution in [0.15, 0.2) is 81.9 Å². The predicted molar refractivity (Wildman–Crippen MR) is 330 cm³/mol. The van der Waals surface area contributed by atoms with E-state index < -0.39 is 99.5 Å². The Kier molecular flexibility index (Phi) is 15.4. The molecule has 15 aliphatic rings. The van der Waals surface area contributed by atoms with Crippen molar-refractivity contribution in [1.82, 2.24) is 16.0 Å². The van der Waals surface area contributed by atoms with Crippen molar-refractivity contribution in [2.75, 3.05) is 13.2 Å². The van der Waals surface area contributed by atoms with E-state index in [0.29, 0.717) is 73.8 Å². The number of nitrogens with one attached hydrogen (secondary N) is 3.